The van der Waals surface area contributed by atoms with Gasteiger partial charge in [-0.2, -0.15) is 0 Å². The van der Waals surface area contributed by atoms with Crippen LogP contribution in [0.25, 0.3) is 0 Å². The molecule has 2 rings (SSSR count). The van der Waals surface area contributed by atoms with Crippen molar-refractivity contribution >= 4 is 5.91 Å². The van der Waals surface area contributed by atoms with Gasteiger partial charge >= 0.3 is 0 Å². The van der Waals surface area contributed by atoms with Crippen LogP contribution in [-0.4, -0.2) is 24.0 Å². The molecule has 3 nitrogen and oxygen atoms in total. The van der Waals surface area contributed by atoms with E-state index in [9.17, 15) is 4.79 Å². The molecule has 0 radical (unpaired) electrons. The zero-order chi connectivity index (χ0) is 10.9. The summed E-state index contributed by atoms with van der Waals surface area (Å²) in [4.78, 5) is 11.9. The van der Waals surface area contributed by atoms with Gasteiger partial charge in [-0.1, -0.05) is 13.3 Å². The molecule has 2 fully saturated rings. The number of piperidine rings is 1. The van der Waals surface area contributed by atoms with Crippen LogP contribution in [0.3, 0.4) is 0 Å². The van der Waals surface area contributed by atoms with Crippen molar-refractivity contribution in [2.24, 2.45) is 5.92 Å². The predicted octanol–water partition coefficient (Wildman–Crippen LogP) is 1.43. The molecule has 0 aromatic rings. The first-order valence-corrected chi connectivity index (χ1v) is 6.18. The molecule has 0 bridgehead atoms. The molecule has 1 aliphatic heterocycles. The Bertz CT molecular complexity index is 248. The van der Waals surface area contributed by atoms with Crippen LogP contribution in [0.5, 0.6) is 0 Å². The average Bonchev–Trinajstić information content (AvgIpc) is 2.96. The first-order valence-electron chi connectivity index (χ1n) is 6.18. The molecule has 86 valence electrons. The molecule has 1 amide bonds. The second-order valence-electron chi connectivity index (χ2n) is 5.36. The molecule has 3 heteroatoms. The lowest BCUT2D eigenvalue weighted by molar-refractivity contribution is -0.124. The summed E-state index contributed by atoms with van der Waals surface area (Å²) in [5.41, 5.74) is 0.123. The fourth-order valence-electron chi connectivity index (χ4n) is 2.26. The van der Waals surface area contributed by atoms with Gasteiger partial charge in [0.25, 0.3) is 0 Å². The van der Waals surface area contributed by atoms with Crippen LogP contribution in [0.2, 0.25) is 0 Å². The molecule has 0 aromatic carbocycles. The van der Waals surface area contributed by atoms with E-state index in [2.05, 4.69) is 24.5 Å². The Morgan fingerprint density at radius 2 is 2.27 bits per heavy atom. The Balaban J connectivity index is 1.83. The highest BCUT2D eigenvalue weighted by Gasteiger charge is 2.40. The van der Waals surface area contributed by atoms with Crippen molar-refractivity contribution in [1.82, 2.24) is 10.6 Å². The third kappa shape index (κ3) is 2.71. The molecule has 0 aromatic heterocycles. The van der Waals surface area contributed by atoms with Gasteiger partial charge in [0.2, 0.25) is 5.91 Å². The quantitative estimate of drug-likeness (QED) is 0.740. The Labute approximate surface area is 92.0 Å². The summed E-state index contributed by atoms with van der Waals surface area (Å²) in [6.45, 7) is 5.34. The second kappa shape index (κ2) is 4.12. The Morgan fingerprint density at radius 1 is 1.53 bits per heavy atom. The van der Waals surface area contributed by atoms with E-state index < -0.39 is 0 Å². The van der Waals surface area contributed by atoms with Crippen molar-refractivity contribution in [2.75, 3.05) is 6.54 Å². The lowest BCUT2D eigenvalue weighted by Gasteiger charge is -2.29. The molecule has 1 saturated carbocycles. The van der Waals surface area contributed by atoms with Crippen LogP contribution < -0.4 is 10.6 Å². The van der Waals surface area contributed by atoms with Crippen LogP contribution in [0, 0.1) is 5.92 Å². The maximum absolute atomic E-state index is 11.9. The summed E-state index contributed by atoms with van der Waals surface area (Å²) in [7, 11) is 0. The summed E-state index contributed by atoms with van der Waals surface area (Å²) in [5, 5.41) is 6.46. The van der Waals surface area contributed by atoms with Crippen LogP contribution in [0.15, 0.2) is 0 Å². The molecule has 0 spiro atoms. The molecule has 1 heterocycles. The van der Waals surface area contributed by atoms with Gasteiger partial charge < -0.3 is 10.6 Å². The highest BCUT2D eigenvalue weighted by Crippen LogP contribution is 2.34. The topological polar surface area (TPSA) is 41.1 Å². The predicted molar refractivity (Wildman–Crippen MR) is 60.6 cm³/mol. The summed E-state index contributed by atoms with van der Waals surface area (Å²) < 4.78 is 0. The SMILES string of the molecule is CCC1CCNC(C(=O)NC2(C)CC2)C1. The normalized spacial score (nSPS) is 33.5. The number of hydrogen-bond acceptors (Lipinski definition) is 2. The van der Waals surface area contributed by atoms with Crippen molar-refractivity contribution in [2.45, 2.75) is 57.5 Å². The summed E-state index contributed by atoms with van der Waals surface area (Å²) >= 11 is 0. The Morgan fingerprint density at radius 3 is 2.87 bits per heavy atom. The number of hydrogen-bond donors (Lipinski definition) is 2. The van der Waals surface area contributed by atoms with Crippen LogP contribution in [0.1, 0.15) is 46.0 Å². The van der Waals surface area contributed by atoms with Crippen molar-refractivity contribution in [3.8, 4) is 0 Å². The first kappa shape index (κ1) is 10.9. The van der Waals surface area contributed by atoms with E-state index in [0.717, 1.165) is 31.7 Å². The number of amides is 1. The molecule has 1 saturated heterocycles. The lowest BCUT2D eigenvalue weighted by atomic mass is 9.90. The molecule has 2 aliphatic rings. The maximum Gasteiger partial charge on any atom is 0.237 e. The largest absolute Gasteiger partial charge is 0.350 e. The minimum atomic E-state index is 0.0566. The summed E-state index contributed by atoms with van der Waals surface area (Å²) in [5.74, 6) is 0.946. The van der Waals surface area contributed by atoms with E-state index in [1.54, 1.807) is 0 Å². The number of carbonyl (C=O) groups is 1. The first-order chi connectivity index (χ1) is 7.13. The van der Waals surface area contributed by atoms with E-state index in [0.29, 0.717) is 0 Å². The molecular formula is C12H22N2O. The Hall–Kier alpha value is -0.570. The van der Waals surface area contributed by atoms with E-state index in [4.69, 9.17) is 0 Å². The lowest BCUT2D eigenvalue weighted by Crippen LogP contribution is -2.51. The van der Waals surface area contributed by atoms with Gasteiger partial charge in [-0.15, -0.1) is 0 Å². The van der Waals surface area contributed by atoms with Gasteiger partial charge in [0, 0.05) is 5.54 Å². The van der Waals surface area contributed by atoms with E-state index in [-0.39, 0.29) is 17.5 Å². The van der Waals surface area contributed by atoms with E-state index in [1.165, 1.54) is 12.8 Å². The summed E-state index contributed by atoms with van der Waals surface area (Å²) in [6, 6.07) is 0.0566. The molecule has 15 heavy (non-hydrogen) atoms. The van der Waals surface area contributed by atoms with Crippen molar-refractivity contribution in [3.63, 3.8) is 0 Å². The van der Waals surface area contributed by atoms with Crippen LogP contribution in [-0.2, 0) is 4.79 Å². The van der Waals surface area contributed by atoms with Crippen LogP contribution >= 0.6 is 0 Å². The summed E-state index contributed by atoms with van der Waals surface area (Å²) in [6.07, 6.45) is 5.71. The maximum atomic E-state index is 11.9. The minimum Gasteiger partial charge on any atom is -0.350 e. The van der Waals surface area contributed by atoms with Crippen molar-refractivity contribution < 1.29 is 4.79 Å². The van der Waals surface area contributed by atoms with Gasteiger partial charge in [-0.3, -0.25) is 4.79 Å². The molecular weight excluding hydrogens is 188 g/mol. The van der Waals surface area contributed by atoms with Crippen molar-refractivity contribution in [1.29, 1.82) is 0 Å². The average molecular weight is 210 g/mol. The zero-order valence-corrected chi connectivity index (χ0v) is 9.81. The number of carbonyl (C=O) groups excluding carboxylic acids is 1. The third-order valence-electron chi connectivity index (χ3n) is 3.83. The fraction of sp³-hybridized carbons (Fsp3) is 0.917. The monoisotopic (exact) mass is 210 g/mol. The van der Waals surface area contributed by atoms with E-state index >= 15 is 0 Å². The Kier molecular flexibility index (Phi) is 3.01. The number of rotatable bonds is 3. The highest BCUT2D eigenvalue weighted by molar-refractivity contribution is 5.82. The highest BCUT2D eigenvalue weighted by atomic mass is 16.2. The minimum absolute atomic E-state index is 0.0566. The standard InChI is InChI=1S/C12H22N2O/c1-3-9-4-7-13-10(8-9)11(15)14-12(2)5-6-12/h9-10,13H,3-8H2,1-2H3,(H,14,15). The van der Waals surface area contributed by atoms with Crippen LogP contribution in [0.4, 0.5) is 0 Å². The third-order valence-corrected chi connectivity index (χ3v) is 3.83. The molecule has 1 aliphatic carbocycles. The van der Waals surface area contributed by atoms with Gasteiger partial charge in [0.1, 0.15) is 0 Å². The van der Waals surface area contributed by atoms with Gasteiger partial charge in [-0.05, 0) is 45.1 Å². The second-order valence-corrected chi connectivity index (χ2v) is 5.36. The zero-order valence-electron chi connectivity index (χ0n) is 9.81. The molecule has 2 N–H and O–H groups in total. The van der Waals surface area contributed by atoms with Gasteiger partial charge in [-0.25, -0.2) is 0 Å². The molecule has 2 atom stereocenters. The molecule has 2 unspecified atom stereocenters. The fourth-order valence-corrected chi connectivity index (χ4v) is 2.26. The van der Waals surface area contributed by atoms with Crippen molar-refractivity contribution in [3.05, 3.63) is 0 Å². The van der Waals surface area contributed by atoms with E-state index in [1.807, 2.05) is 0 Å². The smallest absolute Gasteiger partial charge is 0.237 e. The van der Waals surface area contributed by atoms with Gasteiger partial charge in [0.15, 0.2) is 0 Å². The number of nitrogens with one attached hydrogen (secondary N) is 2. The van der Waals surface area contributed by atoms with Gasteiger partial charge in [0.05, 0.1) is 6.04 Å².